The fourth-order valence-corrected chi connectivity index (χ4v) is 2.39. The molecule has 0 aliphatic heterocycles. The third-order valence-electron chi connectivity index (χ3n) is 3.44. The molecular weight excluding hydrogens is 270 g/mol. The van der Waals surface area contributed by atoms with E-state index in [1.54, 1.807) is 0 Å². The zero-order chi connectivity index (χ0) is 15.2. The Morgan fingerprint density at radius 2 is 1.55 bits per heavy atom. The van der Waals surface area contributed by atoms with Gasteiger partial charge >= 0.3 is 0 Å². The Bertz CT molecular complexity index is 751. The quantitative estimate of drug-likeness (QED) is 0.759. The van der Waals surface area contributed by atoms with Gasteiger partial charge in [0.15, 0.2) is 0 Å². The molecule has 0 aliphatic carbocycles. The maximum Gasteiger partial charge on any atom is 0.228 e. The summed E-state index contributed by atoms with van der Waals surface area (Å²) in [5.41, 5.74) is 3.91. The average molecular weight is 286 g/mol. The van der Waals surface area contributed by atoms with Gasteiger partial charge in [0.05, 0.1) is 6.42 Å². The van der Waals surface area contributed by atoms with Gasteiger partial charge in [0.25, 0.3) is 0 Å². The molecule has 0 fully saturated rings. The van der Waals surface area contributed by atoms with Crippen LogP contribution in [0.4, 0.5) is 5.69 Å². The molecule has 1 N–H and O–H groups in total. The van der Waals surface area contributed by atoms with Crippen molar-refractivity contribution in [2.45, 2.75) is 6.42 Å². The number of hydrogen-bond acceptors (Lipinski definition) is 1. The number of benzene rings is 3. The molecular formula is C20H16NO. The van der Waals surface area contributed by atoms with Gasteiger partial charge < -0.3 is 5.32 Å². The first-order chi connectivity index (χ1) is 10.8. The van der Waals surface area contributed by atoms with Crippen LogP contribution in [0.25, 0.3) is 11.1 Å². The largest absolute Gasteiger partial charge is 0.325 e. The first-order valence-electron chi connectivity index (χ1n) is 7.22. The SMILES string of the molecule is O=C(Cc1ccccc1)Nc1ccccc1-c1cc[c]cc1. The van der Waals surface area contributed by atoms with Crippen molar-refractivity contribution in [3.05, 3.63) is 90.5 Å². The lowest BCUT2D eigenvalue weighted by molar-refractivity contribution is -0.115. The number of anilines is 1. The second-order valence-electron chi connectivity index (χ2n) is 5.04. The Balaban J connectivity index is 1.80. The lowest BCUT2D eigenvalue weighted by atomic mass is 10.0. The predicted octanol–water partition coefficient (Wildman–Crippen LogP) is 4.33. The molecule has 0 atom stereocenters. The van der Waals surface area contributed by atoms with Gasteiger partial charge in [-0.2, -0.15) is 0 Å². The fraction of sp³-hybridized carbons (Fsp3) is 0.0500. The minimum Gasteiger partial charge on any atom is -0.325 e. The van der Waals surface area contributed by atoms with Gasteiger partial charge in [-0.15, -0.1) is 0 Å². The Kier molecular flexibility index (Phi) is 4.30. The Morgan fingerprint density at radius 1 is 0.864 bits per heavy atom. The monoisotopic (exact) mass is 286 g/mol. The summed E-state index contributed by atoms with van der Waals surface area (Å²) < 4.78 is 0. The fourth-order valence-electron chi connectivity index (χ4n) is 2.39. The molecule has 3 aromatic rings. The van der Waals surface area contributed by atoms with Crippen molar-refractivity contribution in [1.29, 1.82) is 0 Å². The predicted molar refractivity (Wildman–Crippen MR) is 89.5 cm³/mol. The zero-order valence-corrected chi connectivity index (χ0v) is 12.1. The first kappa shape index (κ1) is 14.1. The van der Waals surface area contributed by atoms with Crippen LogP contribution < -0.4 is 5.32 Å². The van der Waals surface area contributed by atoms with Crippen molar-refractivity contribution in [3.63, 3.8) is 0 Å². The van der Waals surface area contributed by atoms with E-state index in [0.717, 1.165) is 22.4 Å². The van der Waals surface area contributed by atoms with Gasteiger partial charge in [-0.3, -0.25) is 4.79 Å². The molecule has 0 aromatic heterocycles. The maximum atomic E-state index is 12.2. The van der Waals surface area contributed by atoms with Crippen LogP contribution in [0.3, 0.4) is 0 Å². The van der Waals surface area contributed by atoms with E-state index in [1.807, 2.05) is 78.9 Å². The molecule has 2 nitrogen and oxygen atoms in total. The molecule has 3 rings (SSSR count). The number of para-hydroxylation sites is 1. The van der Waals surface area contributed by atoms with E-state index in [1.165, 1.54) is 0 Å². The number of carbonyl (C=O) groups excluding carboxylic acids is 1. The summed E-state index contributed by atoms with van der Waals surface area (Å²) in [5, 5.41) is 3.01. The molecule has 0 aliphatic rings. The van der Waals surface area contributed by atoms with Gasteiger partial charge in [0, 0.05) is 11.3 Å². The smallest absolute Gasteiger partial charge is 0.228 e. The summed E-state index contributed by atoms with van der Waals surface area (Å²) in [7, 11) is 0. The molecule has 107 valence electrons. The molecule has 2 heteroatoms. The van der Waals surface area contributed by atoms with Crippen LogP contribution in [0, 0.1) is 6.07 Å². The summed E-state index contributed by atoms with van der Waals surface area (Å²) in [6.07, 6.45) is 0.373. The second kappa shape index (κ2) is 6.72. The van der Waals surface area contributed by atoms with Crippen molar-refractivity contribution in [2.75, 3.05) is 5.32 Å². The number of nitrogens with one attached hydrogen (secondary N) is 1. The van der Waals surface area contributed by atoms with E-state index in [0.29, 0.717) is 6.42 Å². The van der Waals surface area contributed by atoms with E-state index in [2.05, 4.69) is 11.4 Å². The molecule has 0 spiro atoms. The van der Waals surface area contributed by atoms with Crippen molar-refractivity contribution in [2.24, 2.45) is 0 Å². The van der Waals surface area contributed by atoms with E-state index in [4.69, 9.17) is 0 Å². The van der Waals surface area contributed by atoms with Crippen molar-refractivity contribution in [1.82, 2.24) is 0 Å². The maximum absolute atomic E-state index is 12.2. The molecule has 22 heavy (non-hydrogen) atoms. The van der Waals surface area contributed by atoms with Gasteiger partial charge in [0.1, 0.15) is 0 Å². The standard InChI is InChI=1S/C20H16NO/c22-20(15-16-9-3-1-4-10-16)21-19-14-8-7-13-18(19)17-11-5-2-6-12-17/h1,3-14H,15H2,(H,21,22). The normalized spacial score (nSPS) is 10.2. The minimum atomic E-state index is -0.0128. The highest BCUT2D eigenvalue weighted by Crippen LogP contribution is 2.27. The van der Waals surface area contributed by atoms with Crippen molar-refractivity contribution in [3.8, 4) is 11.1 Å². The Morgan fingerprint density at radius 3 is 2.32 bits per heavy atom. The highest BCUT2D eigenvalue weighted by atomic mass is 16.1. The first-order valence-corrected chi connectivity index (χ1v) is 7.22. The van der Waals surface area contributed by atoms with Crippen LogP contribution in [-0.4, -0.2) is 5.91 Å². The summed E-state index contributed by atoms with van der Waals surface area (Å²) in [6.45, 7) is 0. The highest BCUT2D eigenvalue weighted by molar-refractivity contribution is 5.96. The van der Waals surface area contributed by atoms with Crippen LogP contribution in [0.2, 0.25) is 0 Å². The Labute approximate surface area is 130 Å². The van der Waals surface area contributed by atoms with E-state index < -0.39 is 0 Å². The number of rotatable bonds is 4. The van der Waals surface area contributed by atoms with E-state index in [-0.39, 0.29) is 5.91 Å². The van der Waals surface area contributed by atoms with Gasteiger partial charge in [-0.1, -0.05) is 72.8 Å². The average Bonchev–Trinajstić information content (AvgIpc) is 2.57. The number of carbonyl (C=O) groups is 1. The van der Waals surface area contributed by atoms with Crippen LogP contribution in [0.15, 0.2) is 78.9 Å². The zero-order valence-electron chi connectivity index (χ0n) is 12.1. The van der Waals surface area contributed by atoms with Gasteiger partial charge in [0.2, 0.25) is 5.91 Å². The van der Waals surface area contributed by atoms with Gasteiger partial charge in [-0.05, 0) is 23.3 Å². The molecule has 3 aromatic carbocycles. The summed E-state index contributed by atoms with van der Waals surface area (Å²) >= 11 is 0. The molecule has 0 unspecified atom stereocenters. The number of amides is 1. The minimum absolute atomic E-state index is 0.0128. The van der Waals surface area contributed by atoms with E-state index >= 15 is 0 Å². The van der Waals surface area contributed by atoms with Crippen LogP contribution >= 0.6 is 0 Å². The van der Waals surface area contributed by atoms with Crippen molar-refractivity contribution >= 4 is 11.6 Å². The lowest BCUT2D eigenvalue weighted by Crippen LogP contribution is -2.14. The van der Waals surface area contributed by atoms with Crippen LogP contribution in [-0.2, 0) is 11.2 Å². The van der Waals surface area contributed by atoms with Crippen LogP contribution in [0.1, 0.15) is 5.56 Å². The molecule has 0 saturated carbocycles. The van der Waals surface area contributed by atoms with E-state index in [9.17, 15) is 4.79 Å². The number of hydrogen-bond donors (Lipinski definition) is 1. The molecule has 0 saturated heterocycles. The second-order valence-corrected chi connectivity index (χ2v) is 5.04. The summed E-state index contributed by atoms with van der Waals surface area (Å²) in [4.78, 5) is 12.2. The lowest BCUT2D eigenvalue weighted by Gasteiger charge is -2.11. The molecule has 0 bridgehead atoms. The summed E-state index contributed by atoms with van der Waals surface area (Å²) in [5.74, 6) is -0.0128. The molecule has 1 radical (unpaired) electrons. The Hall–Kier alpha value is -2.87. The van der Waals surface area contributed by atoms with Crippen LogP contribution in [0.5, 0.6) is 0 Å². The van der Waals surface area contributed by atoms with Crippen molar-refractivity contribution < 1.29 is 4.79 Å². The molecule has 1 amide bonds. The van der Waals surface area contributed by atoms with Gasteiger partial charge in [-0.25, -0.2) is 0 Å². The third kappa shape index (κ3) is 3.41. The highest BCUT2D eigenvalue weighted by Gasteiger charge is 2.08. The summed E-state index contributed by atoms with van der Waals surface area (Å²) in [6, 6.07) is 28.3. The topological polar surface area (TPSA) is 29.1 Å². The third-order valence-corrected chi connectivity index (χ3v) is 3.44. The molecule has 0 heterocycles.